The lowest BCUT2D eigenvalue weighted by atomic mass is 10.1. The predicted octanol–water partition coefficient (Wildman–Crippen LogP) is 2.89. The minimum Gasteiger partial charge on any atom is -0.501 e. The Morgan fingerprint density at radius 1 is 1.20 bits per heavy atom. The molecule has 0 aliphatic carbocycles. The average molecular weight is 336 g/mol. The second kappa shape index (κ2) is 8.05. The van der Waals surface area contributed by atoms with Gasteiger partial charge in [-0.05, 0) is 18.6 Å². The zero-order chi connectivity index (χ0) is 17.5. The number of aryl methyl sites for hydroxylation is 1. The van der Waals surface area contributed by atoms with Crippen molar-refractivity contribution < 1.29 is 4.74 Å². The Kier molecular flexibility index (Phi) is 5.36. The van der Waals surface area contributed by atoms with Gasteiger partial charge in [-0.1, -0.05) is 24.3 Å². The van der Waals surface area contributed by atoms with Crippen molar-refractivity contribution in [3.8, 4) is 11.3 Å². The Hall–Kier alpha value is -3.22. The van der Waals surface area contributed by atoms with Crippen LogP contribution in [0.2, 0.25) is 0 Å². The number of hydrogen-bond donors (Lipinski definition) is 1. The van der Waals surface area contributed by atoms with Crippen LogP contribution in [-0.2, 0) is 18.3 Å². The average Bonchev–Trinajstić information content (AvgIpc) is 3.07. The highest BCUT2D eigenvalue weighted by Gasteiger charge is 2.03. The van der Waals surface area contributed by atoms with Gasteiger partial charge in [-0.15, -0.1) is 0 Å². The number of benzene rings is 1. The van der Waals surface area contributed by atoms with Crippen LogP contribution in [0.15, 0.2) is 49.1 Å². The maximum absolute atomic E-state index is 5.18. The van der Waals surface area contributed by atoms with Gasteiger partial charge in [0.1, 0.15) is 17.8 Å². The van der Waals surface area contributed by atoms with Crippen LogP contribution in [0, 0.1) is 0 Å². The van der Waals surface area contributed by atoms with Crippen LogP contribution >= 0.6 is 0 Å². The predicted molar refractivity (Wildman–Crippen MR) is 96.5 cm³/mol. The number of nitrogens with one attached hydrogen (secondary N) is 1. The van der Waals surface area contributed by atoms with Gasteiger partial charge >= 0.3 is 0 Å². The highest BCUT2D eigenvalue weighted by atomic mass is 16.5. The summed E-state index contributed by atoms with van der Waals surface area (Å²) in [4.78, 5) is 9.97. The largest absolute Gasteiger partial charge is 0.501 e. The van der Waals surface area contributed by atoms with Crippen molar-refractivity contribution in [2.24, 2.45) is 7.05 Å². The van der Waals surface area contributed by atoms with Crippen LogP contribution in [-0.4, -0.2) is 31.6 Å². The highest BCUT2D eigenvalue weighted by Crippen LogP contribution is 2.17. The number of ether oxygens (including phenoxy) is 1. The van der Waals surface area contributed by atoms with Crippen molar-refractivity contribution in [2.45, 2.75) is 13.5 Å². The van der Waals surface area contributed by atoms with E-state index in [0.29, 0.717) is 13.2 Å². The lowest BCUT2D eigenvalue weighted by Crippen LogP contribution is -2.02. The Morgan fingerprint density at radius 2 is 2.04 bits per heavy atom. The zero-order valence-electron chi connectivity index (χ0n) is 14.3. The van der Waals surface area contributed by atoms with Crippen molar-refractivity contribution in [3.63, 3.8) is 0 Å². The van der Waals surface area contributed by atoms with E-state index in [9.17, 15) is 0 Å². The zero-order valence-corrected chi connectivity index (χ0v) is 14.3. The standard InChI is InChI=1S/C18H20N6O/c1-3-25-9-8-16-10-18(21-13-20-16)19-11-14-4-6-15(7-5-14)17-12-22-24(2)23-17/h4-10,12-13H,3,11H2,1-2H3,(H,19,20,21)/b9-8+. The molecule has 0 amide bonds. The van der Waals surface area contributed by atoms with Gasteiger partial charge in [-0.2, -0.15) is 15.0 Å². The van der Waals surface area contributed by atoms with Gasteiger partial charge in [0, 0.05) is 25.2 Å². The van der Waals surface area contributed by atoms with E-state index in [1.165, 1.54) is 6.33 Å². The Bertz CT molecular complexity index is 841. The first-order chi connectivity index (χ1) is 12.2. The highest BCUT2D eigenvalue weighted by molar-refractivity contribution is 5.58. The van der Waals surface area contributed by atoms with Gasteiger partial charge < -0.3 is 10.1 Å². The molecule has 1 aromatic carbocycles. The fourth-order valence-corrected chi connectivity index (χ4v) is 2.24. The van der Waals surface area contributed by atoms with E-state index in [1.807, 2.05) is 31.2 Å². The Morgan fingerprint density at radius 3 is 2.76 bits per heavy atom. The van der Waals surface area contributed by atoms with E-state index in [0.717, 1.165) is 28.3 Å². The van der Waals surface area contributed by atoms with Crippen LogP contribution in [0.3, 0.4) is 0 Å². The molecule has 2 heterocycles. The molecule has 7 nitrogen and oxygen atoms in total. The second-order valence-corrected chi connectivity index (χ2v) is 5.36. The third kappa shape index (κ3) is 4.63. The summed E-state index contributed by atoms with van der Waals surface area (Å²) in [5, 5.41) is 11.7. The van der Waals surface area contributed by atoms with Gasteiger partial charge in [0.05, 0.1) is 24.8 Å². The summed E-state index contributed by atoms with van der Waals surface area (Å²) < 4.78 is 5.18. The van der Waals surface area contributed by atoms with E-state index < -0.39 is 0 Å². The molecule has 0 radical (unpaired) electrons. The minimum atomic E-state index is 0.636. The molecule has 128 valence electrons. The van der Waals surface area contributed by atoms with Crippen LogP contribution in [0.5, 0.6) is 0 Å². The van der Waals surface area contributed by atoms with Crippen molar-refractivity contribution in [3.05, 3.63) is 60.4 Å². The second-order valence-electron chi connectivity index (χ2n) is 5.36. The summed E-state index contributed by atoms with van der Waals surface area (Å²) in [7, 11) is 1.81. The molecule has 3 aromatic rings. The van der Waals surface area contributed by atoms with Crippen molar-refractivity contribution in [1.82, 2.24) is 25.0 Å². The van der Waals surface area contributed by atoms with Crippen molar-refractivity contribution in [2.75, 3.05) is 11.9 Å². The molecule has 0 saturated heterocycles. The summed E-state index contributed by atoms with van der Waals surface area (Å²) in [5.74, 6) is 0.768. The molecule has 0 aliphatic rings. The molecule has 0 saturated carbocycles. The molecular weight excluding hydrogens is 316 g/mol. The molecule has 0 bridgehead atoms. The number of nitrogens with zero attached hydrogens (tertiary/aromatic N) is 5. The minimum absolute atomic E-state index is 0.636. The fourth-order valence-electron chi connectivity index (χ4n) is 2.24. The molecule has 0 aliphatic heterocycles. The van der Waals surface area contributed by atoms with E-state index in [2.05, 4.69) is 37.6 Å². The van der Waals surface area contributed by atoms with Crippen LogP contribution in [0.1, 0.15) is 18.2 Å². The molecule has 0 spiro atoms. The number of rotatable bonds is 7. The number of anilines is 1. The van der Waals surface area contributed by atoms with Gasteiger partial charge in [0.15, 0.2) is 0 Å². The summed E-state index contributed by atoms with van der Waals surface area (Å²) in [5.41, 5.74) is 3.85. The molecule has 3 rings (SSSR count). The summed E-state index contributed by atoms with van der Waals surface area (Å²) >= 11 is 0. The third-order valence-electron chi connectivity index (χ3n) is 3.51. The third-order valence-corrected chi connectivity index (χ3v) is 3.51. The molecule has 2 aromatic heterocycles. The van der Waals surface area contributed by atoms with Gasteiger partial charge in [-0.3, -0.25) is 0 Å². The normalized spacial score (nSPS) is 11.0. The molecule has 1 N–H and O–H groups in total. The Balaban J connectivity index is 1.61. The quantitative estimate of drug-likeness (QED) is 0.669. The molecule has 0 unspecified atom stereocenters. The molecular formula is C18H20N6O. The van der Waals surface area contributed by atoms with Gasteiger partial charge in [-0.25, -0.2) is 9.97 Å². The monoisotopic (exact) mass is 336 g/mol. The molecule has 25 heavy (non-hydrogen) atoms. The van der Waals surface area contributed by atoms with Crippen LogP contribution < -0.4 is 5.32 Å². The van der Waals surface area contributed by atoms with Gasteiger partial charge in [0.25, 0.3) is 0 Å². The van der Waals surface area contributed by atoms with Crippen LogP contribution in [0.25, 0.3) is 17.3 Å². The van der Waals surface area contributed by atoms with Crippen LogP contribution in [0.4, 0.5) is 5.82 Å². The van der Waals surface area contributed by atoms with E-state index >= 15 is 0 Å². The summed E-state index contributed by atoms with van der Waals surface area (Å²) in [6, 6.07) is 10.1. The van der Waals surface area contributed by atoms with E-state index in [1.54, 1.807) is 24.3 Å². The van der Waals surface area contributed by atoms with Crippen molar-refractivity contribution >= 4 is 11.9 Å². The SMILES string of the molecule is CCO/C=C/c1cc(NCc2ccc(-c3cnn(C)n3)cc2)ncn1. The molecule has 7 heteroatoms. The smallest absolute Gasteiger partial charge is 0.130 e. The first kappa shape index (κ1) is 16.6. The van der Waals surface area contributed by atoms with E-state index in [-0.39, 0.29) is 0 Å². The molecule has 0 fully saturated rings. The maximum atomic E-state index is 5.18. The number of hydrogen-bond acceptors (Lipinski definition) is 6. The first-order valence-corrected chi connectivity index (χ1v) is 8.04. The molecule has 0 atom stereocenters. The number of aromatic nitrogens is 5. The summed E-state index contributed by atoms with van der Waals surface area (Å²) in [6.07, 6.45) is 6.74. The van der Waals surface area contributed by atoms with Crippen molar-refractivity contribution in [1.29, 1.82) is 0 Å². The topological polar surface area (TPSA) is 77.8 Å². The van der Waals surface area contributed by atoms with Gasteiger partial charge in [0.2, 0.25) is 0 Å². The fraction of sp³-hybridized carbons (Fsp3) is 0.222. The van der Waals surface area contributed by atoms with E-state index in [4.69, 9.17) is 4.74 Å². The Labute approximate surface area is 146 Å². The first-order valence-electron chi connectivity index (χ1n) is 8.04. The maximum Gasteiger partial charge on any atom is 0.130 e. The summed E-state index contributed by atoms with van der Waals surface area (Å²) in [6.45, 7) is 3.25. The lowest BCUT2D eigenvalue weighted by Gasteiger charge is -2.06. The lowest BCUT2D eigenvalue weighted by molar-refractivity contribution is 0.272.